The van der Waals surface area contributed by atoms with Gasteiger partial charge in [-0.25, -0.2) is 4.79 Å². The molecule has 0 saturated heterocycles. The zero-order valence-corrected chi connectivity index (χ0v) is 18.8. The number of aliphatic carboxylic acids is 1. The van der Waals surface area contributed by atoms with Crippen molar-refractivity contribution in [1.29, 1.82) is 0 Å². The highest BCUT2D eigenvalue weighted by atomic mass is 16.5. The van der Waals surface area contributed by atoms with Crippen LogP contribution in [0.2, 0.25) is 0 Å². The number of hydrogen-bond donors (Lipinski definition) is 3. The average Bonchev–Trinajstić information content (AvgIpc) is 3.15. The Kier molecular flexibility index (Phi) is 6.96. The molecule has 0 heterocycles. The van der Waals surface area contributed by atoms with Gasteiger partial charge in [-0.3, -0.25) is 9.59 Å². The predicted molar refractivity (Wildman–Crippen MR) is 124 cm³/mol. The number of fused-ring (bicyclic) bond motifs is 3. The molecule has 2 amide bonds. The van der Waals surface area contributed by atoms with Crippen molar-refractivity contribution in [1.82, 2.24) is 10.6 Å². The lowest BCUT2D eigenvalue weighted by molar-refractivity contribution is -0.144. The van der Waals surface area contributed by atoms with Crippen LogP contribution >= 0.6 is 0 Å². The summed E-state index contributed by atoms with van der Waals surface area (Å²) in [6.45, 7) is 2.04. The van der Waals surface area contributed by atoms with Crippen LogP contribution in [0.25, 0.3) is 11.1 Å². The van der Waals surface area contributed by atoms with Gasteiger partial charge < -0.3 is 20.5 Å². The summed E-state index contributed by atoms with van der Waals surface area (Å²) in [6.07, 6.45) is 2.43. The van der Waals surface area contributed by atoms with Gasteiger partial charge in [0, 0.05) is 18.5 Å². The molecular weight excluding hydrogens is 420 g/mol. The highest BCUT2D eigenvalue weighted by molar-refractivity contribution is 5.81. The van der Waals surface area contributed by atoms with E-state index in [1.807, 2.05) is 24.3 Å². The molecule has 1 fully saturated rings. The maximum Gasteiger partial charge on any atom is 0.407 e. The highest BCUT2D eigenvalue weighted by Gasteiger charge is 2.33. The number of rotatable bonds is 7. The summed E-state index contributed by atoms with van der Waals surface area (Å²) in [7, 11) is 0. The number of carboxylic acid groups (broad SMARTS) is 1. The zero-order valence-electron chi connectivity index (χ0n) is 18.8. The molecule has 0 aromatic heterocycles. The van der Waals surface area contributed by atoms with Gasteiger partial charge in [0.25, 0.3) is 0 Å². The van der Waals surface area contributed by atoms with Crippen molar-refractivity contribution in [3.05, 3.63) is 59.7 Å². The van der Waals surface area contributed by atoms with E-state index >= 15 is 0 Å². The quantitative estimate of drug-likeness (QED) is 0.593. The molecule has 7 heteroatoms. The standard InChI is InChI=1S/C26H30N2O5/c1-16(24(29)28-23-13-7-6-12-21(23)25(30)31)14-27-26(32)33-15-22-19-10-4-2-8-17(19)18-9-3-5-11-20(18)22/h2-5,8-11,16,21-23H,6-7,12-15H2,1H3,(H,27,32)(H,28,29)(H,30,31)/t16?,21-,23+/m1/s1. The number of alkyl carbamates (subject to hydrolysis) is 1. The van der Waals surface area contributed by atoms with Gasteiger partial charge in [-0.05, 0) is 35.1 Å². The van der Waals surface area contributed by atoms with E-state index in [1.54, 1.807) is 6.92 Å². The molecule has 0 spiro atoms. The lowest BCUT2D eigenvalue weighted by Crippen LogP contribution is -2.48. The van der Waals surface area contributed by atoms with E-state index in [-0.39, 0.29) is 31.0 Å². The second kappa shape index (κ2) is 10.1. The first-order chi connectivity index (χ1) is 16.0. The van der Waals surface area contributed by atoms with Crippen LogP contribution in [0.1, 0.15) is 49.7 Å². The minimum atomic E-state index is -0.871. The maximum absolute atomic E-state index is 12.5. The van der Waals surface area contributed by atoms with Crippen molar-refractivity contribution < 1.29 is 24.2 Å². The van der Waals surface area contributed by atoms with Crippen molar-refractivity contribution in [3.63, 3.8) is 0 Å². The molecule has 33 heavy (non-hydrogen) atoms. The fraction of sp³-hybridized carbons (Fsp3) is 0.423. The largest absolute Gasteiger partial charge is 0.481 e. The van der Waals surface area contributed by atoms with E-state index in [9.17, 15) is 19.5 Å². The fourth-order valence-corrected chi connectivity index (χ4v) is 4.90. The number of carboxylic acids is 1. The van der Waals surface area contributed by atoms with Crippen LogP contribution in [0.15, 0.2) is 48.5 Å². The summed E-state index contributed by atoms with van der Waals surface area (Å²) in [5, 5.41) is 14.9. The van der Waals surface area contributed by atoms with Crippen LogP contribution in [-0.2, 0) is 14.3 Å². The Balaban J connectivity index is 1.27. The SMILES string of the molecule is CC(CNC(=O)OCC1c2ccccc2-c2ccccc21)C(=O)N[C@H]1CCCC[C@H]1C(=O)O. The fourth-order valence-electron chi connectivity index (χ4n) is 4.90. The molecule has 0 aliphatic heterocycles. The van der Waals surface area contributed by atoms with Crippen molar-refractivity contribution in [2.24, 2.45) is 11.8 Å². The molecule has 2 aromatic rings. The Bertz CT molecular complexity index is 991. The molecule has 7 nitrogen and oxygen atoms in total. The minimum absolute atomic E-state index is 0.0249. The molecule has 0 bridgehead atoms. The van der Waals surface area contributed by atoms with Crippen LogP contribution in [0.4, 0.5) is 4.79 Å². The third kappa shape index (κ3) is 5.02. The van der Waals surface area contributed by atoms with Gasteiger partial charge >= 0.3 is 12.1 Å². The maximum atomic E-state index is 12.5. The molecule has 4 rings (SSSR count). The first-order valence-corrected chi connectivity index (χ1v) is 11.6. The summed E-state index contributed by atoms with van der Waals surface area (Å²) in [5.41, 5.74) is 4.60. The van der Waals surface area contributed by atoms with Gasteiger partial charge in [0.05, 0.1) is 11.8 Å². The second-order valence-corrected chi connectivity index (χ2v) is 8.95. The Morgan fingerprint density at radius 1 is 1.00 bits per heavy atom. The topological polar surface area (TPSA) is 105 Å². The minimum Gasteiger partial charge on any atom is -0.481 e. The zero-order chi connectivity index (χ0) is 23.4. The molecule has 3 N–H and O–H groups in total. The molecule has 0 radical (unpaired) electrons. The van der Waals surface area contributed by atoms with Gasteiger partial charge in [-0.1, -0.05) is 68.3 Å². The van der Waals surface area contributed by atoms with Crippen LogP contribution < -0.4 is 10.6 Å². The number of ether oxygens (including phenoxy) is 1. The van der Waals surface area contributed by atoms with Crippen molar-refractivity contribution in [2.75, 3.05) is 13.2 Å². The van der Waals surface area contributed by atoms with Crippen LogP contribution in [0, 0.1) is 11.8 Å². The summed E-state index contributed by atoms with van der Waals surface area (Å²) in [6, 6.07) is 15.9. The summed E-state index contributed by atoms with van der Waals surface area (Å²) >= 11 is 0. The van der Waals surface area contributed by atoms with E-state index in [2.05, 4.69) is 34.9 Å². The number of amides is 2. The summed E-state index contributed by atoms with van der Waals surface area (Å²) in [4.78, 5) is 36.3. The van der Waals surface area contributed by atoms with Crippen LogP contribution in [0.5, 0.6) is 0 Å². The molecular formula is C26H30N2O5. The Labute approximate surface area is 193 Å². The van der Waals surface area contributed by atoms with E-state index < -0.39 is 23.9 Å². The monoisotopic (exact) mass is 450 g/mol. The third-order valence-corrected chi connectivity index (χ3v) is 6.75. The van der Waals surface area contributed by atoms with Gasteiger partial charge in [-0.15, -0.1) is 0 Å². The Morgan fingerprint density at radius 3 is 2.24 bits per heavy atom. The molecule has 3 atom stereocenters. The third-order valence-electron chi connectivity index (χ3n) is 6.75. The van der Waals surface area contributed by atoms with Crippen LogP contribution in [0.3, 0.4) is 0 Å². The molecule has 2 aromatic carbocycles. The van der Waals surface area contributed by atoms with E-state index in [4.69, 9.17) is 4.74 Å². The Hall–Kier alpha value is -3.35. The number of hydrogen-bond acceptors (Lipinski definition) is 4. The molecule has 174 valence electrons. The number of carbonyl (C=O) groups is 3. The number of carbonyl (C=O) groups excluding carboxylic acids is 2. The highest BCUT2D eigenvalue weighted by Crippen LogP contribution is 2.44. The second-order valence-electron chi connectivity index (χ2n) is 8.95. The first kappa shape index (κ1) is 22.8. The molecule has 1 saturated carbocycles. The average molecular weight is 451 g/mol. The summed E-state index contributed by atoms with van der Waals surface area (Å²) < 4.78 is 5.51. The first-order valence-electron chi connectivity index (χ1n) is 11.6. The lowest BCUT2D eigenvalue weighted by atomic mass is 9.84. The van der Waals surface area contributed by atoms with Crippen molar-refractivity contribution in [2.45, 2.75) is 44.6 Å². The lowest BCUT2D eigenvalue weighted by Gasteiger charge is -2.30. The van der Waals surface area contributed by atoms with Crippen molar-refractivity contribution in [3.8, 4) is 11.1 Å². The van der Waals surface area contributed by atoms with E-state index in [1.165, 1.54) is 0 Å². The molecule has 2 aliphatic carbocycles. The van der Waals surface area contributed by atoms with Gasteiger partial charge in [-0.2, -0.15) is 0 Å². The van der Waals surface area contributed by atoms with Crippen molar-refractivity contribution >= 4 is 18.0 Å². The number of benzene rings is 2. The van der Waals surface area contributed by atoms with E-state index in [0.29, 0.717) is 12.8 Å². The molecule has 1 unspecified atom stereocenters. The smallest absolute Gasteiger partial charge is 0.407 e. The summed E-state index contributed by atoms with van der Waals surface area (Å²) in [5.74, 6) is -2.20. The van der Waals surface area contributed by atoms with Gasteiger partial charge in [0.1, 0.15) is 6.61 Å². The van der Waals surface area contributed by atoms with E-state index in [0.717, 1.165) is 35.1 Å². The Morgan fingerprint density at radius 2 is 1.61 bits per heavy atom. The number of nitrogens with one attached hydrogen (secondary N) is 2. The van der Waals surface area contributed by atoms with Gasteiger partial charge in [0.15, 0.2) is 0 Å². The van der Waals surface area contributed by atoms with Gasteiger partial charge in [0.2, 0.25) is 5.91 Å². The normalized spacial score (nSPS) is 20.3. The van der Waals surface area contributed by atoms with Crippen LogP contribution in [-0.4, -0.2) is 42.3 Å². The predicted octanol–water partition coefficient (Wildman–Crippen LogP) is 3.92. The molecule has 2 aliphatic rings.